The van der Waals surface area contributed by atoms with E-state index in [9.17, 15) is 4.79 Å². The lowest BCUT2D eigenvalue weighted by Gasteiger charge is -2.41. The molecule has 0 saturated heterocycles. The molecule has 1 aromatic carbocycles. The van der Waals surface area contributed by atoms with E-state index in [4.69, 9.17) is 14.6 Å². The molecule has 1 saturated carbocycles. The number of methoxy groups -OCH3 is 1. The fourth-order valence-corrected chi connectivity index (χ4v) is 2.10. The zero-order valence-electron chi connectivity index (χ0n) is 9.97. The van der Waals surface area contributed by atoms with E-state index >= 15 is 0 Å². The molecule has 1 N–H and O–H groups in total. The fourth-order valence-electron chi connectivity index (χ4n) is 2.10. The molecule has 1 aliphatic carbocycles. The van der Waals surface area contributed by atoms with Crippen LogP contribution in [0.5, 0.6) is 11.5 Å². The smallest absolute Gasteiger partial charge is 0.309 e. The van der Waals surface area contributed by atoms with Crippen molar-refractivity contribution in [3.05, 3.63) is 24.3 Å². The average Bonchev–Trinajstić information content (AvgIpc) is 2.27. The molecule has 2 rings (SSSR count). The van der Waals surface area contributed by atoms with E-state index in [0.717, 1.165) is 0 Å². The van der Waals surface area contributed by atoms with Crippen molar-refractivity contribution in [3.63, 3.8) is 0 Å². The quantitative estimate of drug-likeness (QED) is 0.871. The molecule has 1 aromatic rings. The van der Waals surface area contributed by atoms with Gasteiger partial charge in [-0.05, 0) is 19.1 Å². The lowest BCUT2D eigenvalue weighted by atomic mass is 9.68. The molecule has 4 nitrogen and oxygen atoms in total. The summed E-state index contributed by atoms with van der Waals surface area (Å²) in [5, 5.41) is 9.00. The first-order chi connectivity index (χ1) is 8.05. The third-order valence-electron chi connectivity index (χ3n) is 3.24. The molecule has 1 aliphatic rings. The van der Waals surface area contributed by atoms with Gasteiger partial charge in [0, 0.05) is 12.8 Å². The first-order valence-corrected chi connectivity index (χ1v) is 5.58. The van der Waals surface area contributed by atoms with Crippen LogP contribution in [0, 0.1) is 5.41 Å². The summed E-state index contributed by atoms with van der Waals surface area (Å²) in [5.41, 5.74) is -0.632. The Balaban J connectivity index is 1.98. The molecule has 0 aliphatic heterocycles. The minimum atomic E-state index is -0.752. The molecule has 92 valence electrons. The van der Waals surface area contributed by atoms with Gasteiger partial charge in [0.1, 0.15) is 6.10 Å². The van der Waals surface area contributed by atoms with E-state index in [1.807, 2.05) is 24.3 Å². The Morgan fingerprint density at radius 3 is 2.47 bits per heavy atom. The van der Waals surface area contributed by atoms with Gasteiger partial charge in [-0.25, -0.2) is 0 Å². The molecule has 0 atom stereocenters. The Morgan fingerprint density at radius 1 is 1.35 bits per heavy atom. The molecule has 0 bridgehead atoms. The number of benzene rings is 1. The number of hydrogen-bond acceptors (Lipinski definition) is 3. The van der Waals surface area contributed by atoms with Crippen LogP contribution in [0.25, 0.3) is 0 Å². The van der Waals surface area contributed by atoms with Crippen LogP contribution in [0.4, 0.5) is 0 Å². The molecular formula is C13H16O4. The molecule has 0 radical (unpaired) electrons. The molecule has 0 amide bonds. The molecule has 4 heteroatoms. The van der Waals surface area contributed by atoms with Crippen LogP contribution in [-0.2, 0) is 4.79 Å². The van der Waals surface area contributed by atoms with Gasteiger partial charge in [-0.2, -0.15) is 0 Å². The van der Waals surface area contributed by atoms with Gasteiger partial charge in [0.2, 0.25) is 0 Å². The van der Waals surface area contributed by atoms with Gasteiger partial charge in [0.25, 0.3) is 0 Å². The third-order valence-corrected chi connectivity index (χ3v) is 3.24. The molecule has 0 heterocycles. The normalized spacial score (nSPS) is 27.1. The van der Waals surface area contributed by atoms with Gasteiger partial charge in [-0.3, -0.25) is 4.79 Å². The van der Waals surface area contributed by atoms with Crippen LogP contribution in [0.2, 0.25) is 0 Å². The summed E-state index contributed by atoms with van der Waals surface area (Å²) in [6.45, 7) is 1.75. The van der Waals surface area contributed by atoms with Crippen LogP contribution in [0.3, 0.4) is 0 Å². The van der Waals surface area contributed by atoms with E-state index in [2.05, 4.69) is 0 Å². The maximum Gasteiger partial charge on any atom is 0.309 e. The highest BCUT2D eigenvalue weighted by Crippen LogP contribution is 2.43. The maximum absolute atomic E-state index is 10.9. The first-order valence-electron chi connectivity index (χ1n) is 5.58. The van der Waals surface area contributed by atoms with E-state index in [1.165, 1.54) is 0 Å². The molecule has 0 aromatic heterocycles. The second-order valence-corrected chi connectivity index (χ2v) is 4.66. The number of aliphatic carboxylic acids is 1. The Hall–Kier alpha value is -1.71. The summed E-state index contributed by atoms with van der Waals surface area (Å²) in [5.74, 6) is 0.598. The van der Waals surface area contributed by atoms with Crippen molar-refractivity contribution in [3.8, 4) is 11.5 Å². The summed E-state index contributed by atoms with van der Waals surface area (Å²) in [6.07, 6.45) is 1.05. The maximum atomic E-state index is 10.9. The molecule has 0 spiro atoms. The summed E-state index contributed by atoms with van der Waals surface area (Å²) in [6, 6.07) is 7.39. The highest BCUT2D eigenvalue weighted by atomic mass is 16.5. The standard InChI is InChI=1S/C13H16O4/c1-13(12(14)15)7-9(8-13)17-11-6-4-3-5-10(11)16-2/h3-6,9H,7-8H2,1-2H3,(H,14,15)/t9-,13-. The molecule has 0 unspecified atom stereocenters. The molecule has 17 heavy (non-hydrogen) atoms. The number of ether oxygens (including phenoxy) is 2. The van der Waals surface area contributed by atoms with Crippen LogP contribution in [0.1, 0.15) is 19.8 Å². The van der Waals surface area contributed by atoms with Crippen LogP contribution < -0.4 is 9.47 Å². The zero-order chi connectivity index (χ0) is 12.5. The van der Waals surface area contributed by atoms with Crippen LogP contribution in [0.15, 0.2) is 24.3 Å². The monoisotopic (exact) mass is 236 g/mol. The van der Waals surface area contributed by atoms with Crippen molar-refractivity contribution >= 4 is 5.97 Å². The van der Waals surface area contributed by atoms with Gasteiger partial charge in [-0.15, -0.1) is 0 Å². The van der Waals surface area contributed by atoms with Gasteiger partial charge in [0.05, 0.1) is 12.5 Å². The van der Waals surface area contributed by atoms with Gasteiger partial charge < -0.3 is 14.6 Å². The Morgan fingerprint density at radius 2 is 1.94 bits per heavy atom. The Kier molecular flexibility index (Phi) is 2.96. The van der Waals surface area contributed by atoms with Crippen molar-refractivity contribution in [1.29, 1.82) is 0 Å². The van der Waals surface area contributed by atoms with Crippen molar-refractivity contribution < 1.29 is 19.4 Å². The number of hydrogen-bond donors (Lipinski definition) is 1. The highest BCUT2D eigenvalue weighted by Gasteiger charge is 2.48. The summed E-state index contributed by atoms with van der Waals surface area (Å²) >= 11 is 0. The minimum absolute atomic E-state index is 0.0348. The Labute approximate surface area is 100 Å². The molecular weight excluding hydrogens is 220 g/mol. The summed E-state index contributed by atoms with van der Waals surface area (Å²) in [4.78, 5) is 10.9. The SMILES string of the molecule is COc1ccccc1O[C@H]1C[C@](C)(C(=O)O)C1. The summed E-state index contributed by atoms with van der Waals surface area (Å²) in [7, 11) is 1.59. The van der Waals surface area contributed by atoms with Crippen molar-refractivity contribution in [2.45, 2.75) is 25.9 Å². The predicted octanol–water partition coefficient (Wildman–Crippen LogP) is 2.33. The van der Waals surface area contributed by atoms with Crippen molar-refractivity contribution in [2.24, 2.45) is 5.41 Å². The zero-order valence-corrected chi connectivity index (χ0v) is 9.97. The van der Waals surface area contributed by atoms with Gasteiger partial charge in [0.15, 0.2) is 11.5 Å². The van der Waals surface area contributed by atoms with Crippen molar-refractivity contribution in [1.82, 2.24) is 0 Å². The fraction of sp³-hybridized carbons (Fsp3) is 0.462. The predicted molar refractivity (Wildman–Crippen MR) is 62.4 cm³/mol. The molecule has 1 fully saturated rings. The lowest BCUT2D eigenvalue weighted by Crippen LogP contribution is -2.47. The first kappa shape index (κ1) is 11.8. The number of carbonyl (C=O) groups is 1. The highest BCUT2D eigenvalue weighted by molar-refractivity contribution is 5.75. The van der Waals surface area contributed by atoms with E-state index in [-0.39, 0.29) is 6.10 Å². The van der Waals surface area contributed by atoms with E-state index < -0.39 is 11.4 Å². The number of rotatable bonds is 4. The van der Waals surface area contributed by atoms with Crippen LogP contribution in [-0.4, -0.2) is 24.3 Å². The second kappa shape index (κ2) is 4.28. The lowest BCUT2D eigenvalue weighted by molar-refractivity contribution is -0.159. The number of carboxylic acids is 1. The minimum Gasteiger partial charge on any atom is -0.493 e. The summed E-state index contributed by atoms with van der Waals surface area (Å²) < 4.78 is 10.9. The number of para-hydroxylation sites is 2. The van der Waals surface area contributed by atoms with E-state index in [0.29, 0.717) is 24.3 Å². The Bertz CT molecular complexity index is 421. The van der Waals surface area contributed by atoms with E-state index in [1.54, 1.807) is 14.0 Å². The third kappa shape index (κ3) is 2.20. The average molecular weight is 236 g/mol. The van der Waals surface area contributed by atoms with Crippen molar-refractivity contribution in [2.75, 3.05) is 7.11 Å². The number of carboxylic acid groups (broad SMARTS) is 1. The van der Waals surface area contributed by atoms with Gasteiger partial charge >= 0.3 is 5.97 Å². The van der Waals surface area contributed by atoms with Crippen LogP contribution >= 0.6 is 0 Å². The van der Waals surface area contributed by atoms with Gasteiger partial charge in [-0.1, -0.05) is 12.1 Å². The second-order valence-electron chi connectivity index (χ2n) is 4.66. The topological polar surface area (TPSA) is 55.8 Å². The largest absolute Gasteiger partial charge is 0.493 e.